The molecule has 1 amide bonds. The maximum Gasteiger partial charge on any atom is 0.248 e. The van der Waals surface area contributed by atoms with Crippen LogP contribution in [0.25, 0.3) is 11.4 Å². The van der Waals surface area contributed by atoms with Crippen LogP contribution >= 0.6 is 23.4 Å². The number of carbonyl (C=O) groups is 1. The Labute approximate surface area is 188 Å². The molecule has 0 spiro atoms. The first-order valence-electron chi connectivity index (χ1n) is 9.38. The number of halogens is 1. The van der Waals surface area contributed by atoms with Crippen molar-refractivity contribution in [2.45, 2.75) is 30.4 Å². The minimum atomic E-state index is -0.252. The van der Waals surface area contributed by atoms with E-state index in [9.17, 15) is 4.79 Å². The largest absolute Gasteiger partial charge is 0.324 e. The van der Waals surface area contributed by atoms with Crippen molar-refractivity contribution in [1.29, 1.82) is 0 Å². The summed E-state index contributed by atoms with van der Waals surface area (Å²) in [6.45, 7) is 3.84. The molecule has 4 aromatic rings. The first-order chi connectivity index (χ1) is 14.9. The number of anilines is 1. The van der Waals surface area contributed by atoms with Gasteiger partial charge in [0.15, 0.2) is 5.16 Å². The van der Waals surface area contributed by atoms with Crippen LogP contribution in [0.1, 0.15) is 11.4 Å². The van der Waals surface area contributed by atoms with Gasteiger partial charge in [-0.15, -0.1) is 10.2 Å². The maximum atomic E-state index is 12.3. The number of tetrazole rings is 1. The van der Waals surface area contributed by atoms with Crippen LogP contribution in [0.3, 0.4) is 0 Å². The van der Waals surface area contributed by atoms with Gasteiger partial charge in [0.05, 0.1) is 0 Å². The van der Waals surface area contributed by atoms with Crippen LogP contribution in [0, 0.1) is 13.8 Å². The van der Waals surface area contributed by atoms with Gasteiger partial charge in [0.1, 0.15) is 6.54 Å². The molecule has 0 bridgehead atoms. The Kier molecular flexibility index (Phi) is 6.24. The summed E-state index contributed by atoms with van der Waals surface area (Å²) >= 11 is 7.36. The lowest BCUT2D eigenvalue weighted by Gasteiger charge is -2.06. The summed E-state index contributed by atoms with van der Waals surface area (Å²) in [6.07, 6.45) is 0. The van der Waals surface area contributed by atoms with Gasteiger partial charge in [-0.05, 0) is 85.4 Å². The number of amides is 1. The highest BCUT2D eigenvalue weighted by Crippen LogP contribution is 2.26. The van der Waals surface area contributed by atoms with Crippen LogP contribution in [0.5, 0.6) is 0 Å². The first-order valence-corrected chi connectivity index (χ1v) is 10.6. The number of rotatable bonds is 6. The second-order valence-corrected chi connectivity index (χ2v) is 8.24. The fourth-order valence-electron chi connectivity index (χ4n) is 2.80. The fourth-order valence-corrected chi connectivity index (χ4v) is 3.79. The lowest BCUT2D eigenvalue weighted by atomic mass is 10.2. The van der Waals surface area contributed by atoms with E-state index in [2.05, 4.69) is 30.7 Å². The maximum absolute atomic E-state index is 12.3. The molecule has 0 atom stereocenters. The molecule has 0 saturated carbocycles. The number of hydrogen-bond acceptors (Lipinski definition) is 7. The lowest BCUT2D eigenvalue weighted by Crippen LogP contribution is -2.20. The molecule has 10 heteroatoms. The molecule has 0 aliphatic rings. The third-order valence-corrected chi connectivity index (χ3v) is 5.27. The Morgan fingerprint density at radius 2 is 1.71 bits per heavy atom. The molecule has 0 radical (unpaired) electrons. The number of benzene rings is 2. The molecule has 0 saturated heterocycles. The predicted octanol–water partition coefficient (Wildman–Crippen LogP) is 4.19. The monoisotopic (exact) mass is 451 g/mol. The van der Waals surface area contributed by atoms with E-state index in [1.807, 2.05) is 44.2 Å². The van der Waals surface area contributed by atoms with Gasteiger partial charge in [0.2, 0.25) is 11.7 Å². The zero-order chi connectivity index (χ0) is 21.8. The quantitative estimate of drug-likeness (QED) is 0.439. The van der Waals surface area contributed by atoms with Crippen LogP contribution in [0.2, 0.25) is 5.02 Å². The van der Waals surface area contributed by atoms with E-state index in [1.165, 1.54) is 16.6 Å². The van der Waals surface area contributed by atoms with Gasteiger partial charge in [0.25, 0.3) is 0 Å². The highest BCUT2D eigenvalue weighted by molar-refractivity contribution is 7.99. The minimum Gasteiger partial charge on any atom is -0.324 e. The number of carbonyl (C=O) groups excluding carboxylic acids is 1. The topological polar surface area (TPSA) is 98.5 Å². The number of aromatic nitrogens is 6. The van der Waals surface area contributed by atoms with Crippen molar-refractivity contribution in [3.8, 4) is 11.4 Å². The van der Waals surface area contributed by atoms with Gasteiger partial charge in [-0.1, -0.05) is 11.6 Å². The van der Waals surface area contributed by atoms with Crippen LogP contribution in [0.15, 0.2) is 64.6 Å². The smallest absolute Gasteiger partial charge is 0.248 e. The van der Waals surface area contributed by atoms with Crippen molar-refractivity contribution in [1.82, 2.24) is 30.2 Å². The Morgan fingerprint density at radius 1 is 1.03 bits per heavy atom. The van der Waals surface area contributed by atoms with Gasteiger partial charge in [0, 0.05) is 32.6 Å². The minimum absolute atomic E-state index is 0.0481. The second-order valence-electron chi connectivity index (χ2n) is 6.76. The molecule has 2 heterocycles. The highest BCUT2D eigenvalue weighted by Gasteiger charge is 2.10. The SMILES string of the molecule is Cc1cc(C)nc(Sc2ccc(NC(=O)Cn3nnc(-c4ccc(Cl)cc4)n3)cc2)n1. The van der Waals surface area contributed by atoms with E-state index in [0.717, 1.165) is 21.8 Å². The van der Waals surface area contributed by atoms with Crippen molar-refractivity contribution in [3.05, 3.63) is 71.0 Å². The van der Waals surface area contributed by atoms with Crippen molar-refractivity contribution in [2.75, 3.05) is 5.32 Å². The lowest BCUT2D eigenvalue weighted by molar-refractivity contribution is -0.117. The molecule has 1 N–H and O–H groups in total. The number of hydrogen-bond donors (Lipinski definition) is 1. The van der Waals surface area contributed by atoms with E-state index in [-0.39, 0.29) is 12.5 Å². The molecular weight excluding hydrogens is 434 g/mol. The van der Waals surface area contributed by atoms with Crippen LogP contribution in [-0.2, 0) is 11.3 Å². The van der Waals surface area contributed by atoms with Crippen LogP contribution in [0.4, 0.5) is 5.69 Å². The summed E-state index contributed by atoms with van der Waals surface area (Å²) in [5, 5.41) is 16.3. The standard InChI is InChI=1S/C21H18ClN7OS/c1-13-11-14(2)24-21(23-13)31-18-9-7-17(8-10-18)25-19(30)12-29-27-20(26-28-29)15-3-5-16(22)6-4-15/h3-11H,12H2,1-2H3,(H,25,30). The van der Waals surface area contributed by atoms with Gasteiger partial charge in [-0.3, -0.25) is 4.79 Å². The van der Waals surface area contributed by atoms with Gasteiger partial charge >= 0.3 is 0 Å². The normalized spacial score (nSPS) is 10.8. The summed E-state index contributed by atoms with van der Waals surface area (Å²) in [5.41, 5.74) is 3.31. The average Bonchev–Trinajstić information content (AvgIpc) is 3.17. The molecule has 156 valence electrons. The van der Waals surface area contributed by atoms with E-state index in [0.29, 0.717) is 21.7 Å². The predicted molar refractivity (Wildman–Crippen MR) is 119 cm³/mol. The van der Waals surface area contributed by atoms with Crippen molar-refractivity contribution in [3.63, 3.8) is 0 Å². The van der Waals surface area contributed by atoms with Gasteiger partial charge in [-0.25, -0.2) is 9.97 Å². The molecule has 0 aliphatic heterocycles. The zero-order valence-corrected chi connectivity index (χ0v) is 18.4. The third kappa shape index (κ3) is 5.65. The van der Waals surface area contributed by atoms with E-state index in [1.54, 1.807) is 24.3 Å². The van der Waals surface area contributed by atoms with Gasteiger partial charge in [-0.2, -0.15) is 4.80 Å². The van der Waals surface area contributed by atoms with Crippen molar-refractivity contribution < 1.29 is 4.79 Å². The summed E-state index contributed by atoms with van der Waals surface area (Å²) in [6, 6.07) is 16.5. The molecule has 2 aromatic carbocycles. The summed E-state index contributed by atoms with van der Waals surface area (Å²) in [5.74, 6) is 0.178. The number of nitrogens with one attached hydrogen (secondary N) is 1. The molecule has 4 rings (SSSR count). The molecular formula is C21H18ClN7OS. The number of aryl methyl sites for hydroxylation is 2. The fraction of sp³-hybridized carbons (Fsp3) is 0.143. The summed E-state index contributed by atoms with van der Waals surface area (Å²) in [7, 11) is 0. The molecule has 0 unspecified atom stereocenters. The first kappa shape index (κ1) is 21.0. The Morgan fingerprint density at radius 3 is 2.39 bits per heavy atom. The second kappa shape index (κ2) is 9.23. The molecule has 0 fully saturated rings. The Balaban J connectivity index is 1.35. The van der Waals surface area contributed by atoms with Crippen LogP contribution in [-0.4, -0.2) is 36.1 Å². The average molecular weight is 452 g/mol. The van der Waals surface area contributed by atoms with Crippen molar-refractivity contribution >= 4 is 35.0 Å². The van der Waals surface area contributed by atoms with E-state index < -0.39 is 0 Å². The molecule has 8 nitrogen and oxygen atoms in total. The molecule has 0 aliphatic carbocycles. The Hall–Kier alpha value is -3.30. The van der Waals surface area contributed by atoms with E-state index in [4.69, 9.17) is 11.6 Å². The highest BCUT2D eigenvalue weighted by atomic mass is 35.5. The Bertz CT molecular complexity index is 1190. The summed E-state index contributed by atoms with van der Waals surface area (Å²) < 4.78 is 0. The van der Waals surface area contributed by atoms with Crippen molar-refractivity contribution in [2.24, 2.45) is 0 Å². The van der Waals surface area contributed by atoms with Gasteiger partial charge < -0.3 is 5.32 Å². The zero-order valence-electron chi connectivity index (χ0n) is 16.8. The number of nitrogens with zero attached hydrogens (tertiary/aromatic N) is 6. The molecule has 2 aromatic heterocycles. The molecule has 31 heavy (non-hydrogen) atoms. The summed E-state index contributed by atoms with van der Waals surface area (Å²) in [4.78, 5) is 23.4. The van der Waals surface area contributed by atoms with Crippen LogP contribution < -0.4 is 5.32 Å². The third-order valence-electron chi connectivity index (χ3n) is 4.15. The van der Waals surface area contributed by atoms with E-state index >= 15 is 0 Å².